The fourth-order valence-corrected chi connectivity index (χ4v) is 2.96. The van der Waals surface area contributed by atoms with Gasteiger partial charge in [0.2, 0.25) is 0 Å². The molecule has 0 aliphatic carbocycles. The van der Waals surface area contributed by atoms with E-state index in [0.29, 0.717) is 12.4 Å². The fraction of sp³-hybridized carbons (Fsp3) is 0.273. The SMILES string of the molecule is C=C(C)Cn1nc(-c2ccc(OC)cc2)nc1-c1cccc(CN(C)C)c1.Cl. The first-order valence-corrected chi connectivity index (χ1v) is 8.94. The fourth-order valence-electron chi connectivity index (χ4n) is 2.96. The minimum absolute atomic E-state index is 0. The molecule has 0 N–H and O–H groups in total. The predicted octanol–water partition coefficient (Wildman–Crippen LogP) is 4.68. The summed E-state index contributed by atoms with van der Waals surface area (Å²) < 4.78 is 7.17. The van der Waals surface area contributed by atoms with Crippen LogP contribution in [0.4, 0.5) is 0 Å². The third kappa shape index (κ3) is 5.21. The van der Waals surface area contributed by atoms with Gasteiger partial charge in [-0.15, -0.1) is 12.4 Å². The molecule has 3 rings (SSSR count). The smallest absolute Gasteiger partial charge is 0.181 e. The molecule has 148 valence electrons. The largest absolute Gasteiger partial charge is 0.497 e. The summed E-state index contributed by atoms with van der Waals surface area (Å²) in [5, 5.41) is 4.74. The van der Waals surface area contributed by atoms with E-state index in [1.807, 2.05) is 35.9 Å². The molecule has 5 nitrogen and oxygen atoms in total. The van der Waals surface area contributed by atoms with Crippen molar-refractivity contribution in [1.29, 1.82) is 0 Å². The molecule has 0 fully saturated rings. The van der Waals surface area contributed by atoms with Gasteiger partial charge in [0.15, 0.2) is 11.6 Å². The van der Waals surface area contributed by atoms with Gasteiger partial charge in [0.1, 0.15) is 5.75 Å². The summed E-state index contributed by atoms with van der Waals surface area (Å²) in [4.78, 5) is 6.99. The van der Waals surface area contributed by atoms with Crippen molar-refractivity contribution >= 4 is 12.4 Å². The molecule has 1 aromatic heterocycles. The molecule has 28 heavy (non-hydrogen) atoms. The van der Waals surface area contributed by atoms with E-state index in [1.54, 1.807) is 7.11 Å². The Morgan fingerprint density at radius 3 is 2.43 bits per heavy atom. The molecule has 0 spiro atoms. The van der Waals surface area contributed by atoms with Gasteiger partial charge in [-0.3, -0.25) is 0 Å². The lowest BCUT2D eigenvalue weighted by molar-refractivity contribution is 0.402. The summed E-state index contributed by atoms with van der Waals surface area (Å²) in [6.45, 7) is 7.55. The van der Waals surface area contributed by atoms with Gasteiger partial charge < -0.3 is 9.64 Å². The Bertz CT molecular complexity index is 932. The third-order valence-corrected chi connectivity index (χ3v) is 4.12. The molecule has 6 heteroatoms. The van der Waals surface area contributed by atoms with E-state index >= 15 is 0 Å². The Morgan fingerprint density at radius 1 is 1.11 bits per heavy atom. The minimum Gasteiger partial charge on any atom is -0.497 e. The number of rotatable bonds is 7. The minimum atomic E-state index is 0. The monoisotopic (exact) mass is 398 g/mol. The van der Waals surface area contributed by atoms with Crippen molar-refractivity contribution < 1.29 is 4.74 Å². The first-order chi connectivity index (χ1) is 13.0. The molecule has 1 heterocycles. The second-order valence-electron chi connectivity index (χ2n) is 7.04. The number of nitrogens with zero attached hydrogens (tertiary/aromatic N) is 4. The highest BCUT2D eigenvalue weighted by atomic mass is 35.5. The molecule has 3 aromatic rings. The van der Waals surface area contributed by atoms with Crippen molar-refractivity contribution in [2.75, 3.05) is 21.2 Å². The number of hydrogen-bond acceptors (Lipinski definition) is 4. The van der Waals surface area contributed by atoms with Crippen LogP contribution in [-0.4, -0.2) is 40.9 Å². The van der Waals surface area contributed by atoms with Crippen LogP contribution in [0.1, 0.15) is 12.5 Å². The second-order valence-corrected chi connectivity index (χ2v) is 7.04. The van der Waals surface area contributed by atoms with Gasteiger partial charge in [-0.1, -0.05) is 30.4 Å². The van der Waals surface area contributed by atoms with E-state index in [-0.39, 0.29) is 12.4 Å². The molecule has 0 radical (unpaired) electrons. The van der Waals surface area contributed by atoms with Crippen LogP contribution in [0.2, 0.25) is 0 Å². The summed E-state index contributed by atoms with van der Waals surface area (Å²) >= 11 is 0. The van der Waals surface area contributed by atoms with Crippen LogP contribution in [0.5, 0.6) is 5.75 Å². The Balaban J connectivity index is 0.00000280. The number of allylic oxidation sites excluding steroid dienone is 1. The lowest BCUT2D eigenvalue weighted by Gasteiger charge is -2.11. The summed E-state index contributed by atoms with van der Waals surface area (Å²) in [6, 6.07) is 16.3. The zero-order chi connectivity index (χ0) is 19.4. The molecule has 0 saturated carbocycles. The maximum Gasteiger partial charge on any atom is 0.181 e. The Hall–Kier alpha value is -2.63. The maximum atomic E-state index is 5.24. The maximum absolute atomic E-state index is 5.24. The predicted molar refractivity (Wildman–Crippen MR) is 117 cm³/mol. The van der Waals surface area contributed by atoms with Gasteiger partial charge in [0, 0.05) is 17.7 Å². The van der Waals surface area contributed by atoms with Crippen LogP contribution < -0.4 is 4.74 Å². The molecule has 0 aliphatic heterocycles. The van der Waals surface area contributed by atoms with Gasteiger partial charge in [-0.25, -0.2) is 9.67 Å². The molecule has 0 unspecified atom stereocenters. The van der Waals surface area contributed by atoms with Crippen LogP contribution in [-0.2, 0) is 13.1 Å². The highest BCUT2D eigenvalue weighted by Crippen LogP contribution is 2.25. The summed E-state index contributed by atoms with van der Waals surface area (Å²) in [7, 11) is 5.80. The van der Waals surface area contributed by atoms with Crippen LogP contribution in [0, 0.1) is 0 Å². The van der Waals surface area contributed by atoms with E-state index in [0.717, 1.165) is 34.8 Å². The normalized spacial score (nSPS) is 10.6. The van der Waals surface area contributed by atoms with Crippen LogP contribution in [0.15, 0.2) is 60.7 Å². The van der Waals surface area contributed by atoms with Crippen LogP contribution in [0.3, 0.4) is 0 Å². The van der Waals surface area contributed by atoms with Gasteiger partial charge in [0.25, 0.3) is 0 Å². The van der Waals surface area contributed by atoms with E-state index in [4.69, 9.17) is 14.8 Å². The first kappa shape index (κ1) is 21.7. The lowest BCUT2D eigenvalue weighted by atomic mass is 10.1. The number of halogens is 1. The number of hydrogen-bond donors (Lipinski definition) is 0. The van der Waals surface area contributed by atoms with Crippen molar-refractivity contribution in [3.63, 3.8) is 0 Å². The number of aromatic nitrogens is 3. The first-order valence-electron chi connectivity index (χ1n) is 8.94. The average molecular weight is 399 g/mol. The van der Waals surface area contributed by atoms with Crippen LogP contribution >= 0.6 is 12.4 Å². The highest BCUT2D eigenvalue weighted by molar-refractivity contribution is 5.85. The summed E-state index contributed by atoms with van der Waals surface area (Å²) in [5.74, 6) is 2.37. The molecule has 0 bridgehead atoms. The standard InChI is InChI=1S/C22H26N4O.ClH/c1-16(2)14-26-22(19-8-6-7-17(13-19)15-25(3)4)23-21(24-26)18-9-11-20(27-5)12-10-18;/h6-13H,1,14-15H2,2-5H3;1H. The molecule has 2 aromatic carbocycles. The van der Waals surface area contributed by atoms with Crippen molar-refractivity contribution in [3.05, 3.63) is 66.2 Å². The Morgan fingerprint density at radius 2 is 1.82 bits per heavy atom. The lowest BCUT2D eigenvalue weighted by Crippen LogP contribution is -2.10. The zero-order valence-corrected chi connectivity index (χ0v) is 17.7. The van der Waals surface area contributed by atoms with Gasteiger partial charge in [-0.05, 0) is 56.9 Å². The number of ether oxygens (including phenoxy) is 1. The van der Waals surface area contributed by atoms with Gasteiger partial charge >= 0.3 is 0 Å². The van der Waals surface area contributed by atoms with Crippen molar-refractivity contribution in [2.24, 2.45) is 0 Å². The molecular weight excluding hydrogens is 372 g/mol. The van der Waals surface area contributed by atoms with Crippen molar-refractivity contribution in [2.45, 2.75) is 20.0 Å². The van der Waals surface area contributed by atoms with E-state index in [9.17, 15) is 0 Å². The Labute approximate surface area is 173 Å². The molecular formula is C22H27ClN4O. The van der Waals surface area contributed by atoms with Crippen LogP contribution in [0.25, 0.3) is 22.8 Å². The molecule has 0 saturated heterocycles. The number of benzene rings is 2. The number of methoxy groups -OCH3 is 1. The summed E-state index contributed by atoms with van der Waals surface area (Å²) in [5.41, 5.74) is 4.30. The topological polar surface area (TPSA) is 43.2 Å². The van der Waals surface area contributed by atoms with Crippen molar-refractivity contribution in [3.8, 4) is 28.5 Å². The molecule has 0 atom stereocenters. The van der Waals surface area contributed by atoms with Gasteiger partial charge in [0.05, 0.1) is 13.7 Å². The zero-order valence-electron chi connectivity index (χ0n) is 16.8. The van der Waals surface area contributed by atoms with Gasteiger partial charge in [-0.2, -0.15) is 5.10 Å². The van der Waals surface area contributed by atoms with E-state index in [2.05, 4.69) is 49.8 Å². The average Bonchev–Trinajstić information content (AvgIpc) is 3.04. The molecule has 0 amide bonds. The molecule has 0 aliphatic rings. The summed E-state index contributed by atoms with van der Waals surface area (Å²) in [6.07, 6.45) is 0. The third-order valence-electron chi connectivity index (χ3n) is 4.12. The van der Waals surface area contributed by atoms with Crippen molar-refractivity contribution in [1.82, 2.24) is 19.7 Å². The quantitative estimate of drug-likeness (QED) is 0.542. The second kappa shape index (κ2) is 9.53. The van der Waals surface area contributed by atoms with E-state index in [1.165, 1.54) is 5.56 Å². The Kier molecular flexibility index (Phi) is 7.38. The van der Waals surface area contributed by atoms with E-state index < -0.39 is 0 Å². The highest BCUT2D eigenvalue weighted by Gasteiger charge is 2.14.